The minimum Gasteiger partial charge on any atom is -0.390 e. The van der Waals surface area contributed by atoms with E-state index in [1.165, 1.54) is 0 Å². The highest BCUT2D eigenvalue weighted by Gasteiger charge is 2.06. The lowest BCUT2D eigenvalue weighted by Crippen LogP contribution is -2.20. The number of halogens is 1. The number of fused-ring (bicyclic) bond motifs is 1. The number of alkyl halides is 1. The topological polar surface area (TPSA) is 60.9 Å². The Hall–Kier alpha value is -1.26. The molecule has 5 heteroatoms. The number of H-pyrrole nitrogens is 1. The molecule has 0 fully saturated rings. The molecule has 1 unspecified atom stereocenters. The summed E-state index contributed by atoms with van der Waals surface area (Å²) in [4.78, 5) is 7.88. The van der Waals surface area contributed by atoms with Gasteiger partial charge in [-0.05, 0) is 24.1 Å². The first-order chi connectivity index (χ1) is 9.08. The van der Waals surface area contributed by atoms with E-state index in [1.54, 1.807) is 0 Å². The van der Waals surface area contributed by atoms with Crippen LogP contribution in [0.1, 0.15) is 19.7 Å². The van der Waals surface area contributed by atoms with Gasteiger partial charge in [0.25, 0.3) is 0 Å². The second-order valence-corrected chi connectivity index (χ2v) is 5.51. The number of nitrogens with one attached hydrogen (secondary N) is 2. The molecule has 0 aliphatic carbocycles. The average molecular weight is 282 g/mol. The molecule has 0 saturated heterocycles. The molecule has 1 aromatic heterocycles. The predicted octanol–water partition coefficient (Wildman–Crippen LogP) is 2.77. The Labute approximate surface area is 118 Å². The van der Waals surface area contributed by atoms with E-state index < -0.39 is 6.10 Å². The monoisotopic (exact) mass is 281 g/mol. The molecule has 1 heterocycles. The SMILES string of the molecule is CC(C)Cc1nc2ccc(NCC(O)CCl)cc2[nH]1. The van der Waals surface area contributed by atoms with E-state index in [1.807, 2.05) is 18.2 Å². The first-order valence-electron chi connectivity index (χ1n) is 6.55. The molecular weight excluding hydrogens is 262 g/mol. The molecule has 19 heavy (non-hydrogen) atoms. The summed E-state index contributed by atoms with van der Waals surface area (Å²) in [6, 6.07) is 5.95. The van der Waals surface area contributed by atoms with Crippen LogP contribution in [0.3, 0.4) is 0 Å². The normalized spacial score (nSPS) is 13.1. The fraction of sp³-hybridized carbons (Fsp3) is 0.500. The van der Waals surface area contributed by atoms with Gasteiger partial charge in [0.1, 0.15) is 5.82 Å². The van der Waals surface area contributed by atoms with Gasteiger partial charge < -0.3 is 15.4 Å². The van der Waals surface area contributed by atoms with Crippen molar-refractivity contribution in [2.75, 3.05) is 17.7 Å². The van der Waals surface area contributed by atoms with Crippen LogP contribution < -0.4 is 5.32 Å². The highest BCUT2D eigenvalue weighted by molar-refractivity contribution is 6.18. The number of hydrogen-bond acceptors (Lipinski definition) is 3. The van der Waals surface area contributed by atoms with Gasteiger partial charge in [-0.15, -0.1) is 11.6 Å². The molecule has 2 aromatic rings. The van der Waals surface area contributed by atoms with Crippen LogP contribution >= 0.6 is 11.6 Å². The summed E-state index contributed by atoms with van der Waals surface area (Å²) in [6.07, 6.45) is 0.415. The molecule has 0 spiro atoms. The average Bonchev–Trinajstić information content (AvgIpc) is 2.76. The Balaban J connectivity index is 2.11. The van der Waals surface area contributed by atoms with Crippen molar-refractivity contribution < 1.29 is 5.11 Å². The molecule has 0 amide bonds. The summed E-state index contributed by atoms with van der Waals surface area (Å²) < 4.78 is 0. The van der Waals surface area contributed by atoms with Crippen LogP contribution in [0.15, 0.2) is 18.2 Å². The zero-order chi connectivity index (χ0) is 13.8. The van der Waals surface area contributed by atoms with Crippen molar-refractivity contribution >= 4 is 28.3 Å². The van der Waals surface area contributed by atoms with Gasteiger partial charge in [-0.3, -0.25) is 0 Å². The maximum Gasteiger partial charge on any atom is 0.107 e. The van der Waals surface area contributed by atoms with Crippen molar-refractivity contribution in [3.63, 3.8) is 0 Å². The molecule has 0 aliphatic heterocycles. The Morgan fingerprint density at radius 1 is 1.42 bits per heavy atom. The standard InChI is InChI=1S/C14H20ClN3O/c1-9(2)5-14-17-12-4-3-10(6-13(12)18-14)16-8-11(19)7-15/h3-4,6,9,11,16,19H,5,7-8H2,1-2H3,(H,17,18). The van der Waals surface area contributed by atoms with E-state index in [0.29, 0.717) is 12.5 Å². The maximum absolute atomic E-state index is 9.42. The summed E-state index contributed by atoms with van der Waals surface area (Å²) in [6.45, 7) is 4.80. The lowest BCUT2D eigenvalue weighted by Gasteiger charge is -2.09. The minimum absolute atomic E-state index is 0.234. The fourth-order valence-electron chi connectivity index (χ4n) is 1.95. The molecule has 2 rings (SSSR count). The second kappa shape index (κ2) is 6.26. The molecule has 0 saturated carbocycles. The maximum atomic E-state index is 9.42. The number of rotatable bonds is 6. The van der Waals surface area contributed by atoms with Crippen LogP contribution in [0, 0.1) is 5.92 Å². The first kappa shape index (κ1) is 14.2. The van der Waals surface area contributed by atoms with Gasteiger partial charge in [0, 0.05) is 18.7 Å². The van der Waals surface area contributed by atoms with E-state index in [-0.39, 0.29) is 5.88 Å². The molecule has 1 aromatic carbocycles. The Morgan fingerprint density at radius 3 is 2.89 bits per heavy atom. The third-order valence-electron chi connectivity index (χ3n) is 2.85. The van der Waals surface area contributed by atoms with E-state index in [0.717, 1.165) is 29.0 Å². The lowest BCUT2D eigenvalue weighted by molar-refractivity contribution is 0.211. The summed E-state index contributed by atoms with van der Waals surface area (Å²) in [5, 5.41) is 12.6. The van der Waals surface area contributed by atoms with Crippen LogP contribution in [0.4, 0.5) is 5.69 Å². The fourth-order valence-corrected chi connectivity index (χ4v) is 2.06. The molecule has 4 nitrogen and oxygen atoms in total. The van der Waals surface area contributed by atoms with Gasteiger partial charge in [-0.2, -0.15) is 0 Å². The second-order valence-electron chi connectivity index (χ2n) is 5.20. The number of aromatic nitrogens is 2. The Kier molecular flexibility index (Phi) is 4.66. The van der Waals surface area contributed by atoms with Crippen molar-refractivity contribution in [1.82, 2.24) is 9.97 Å². The number of aliphatic hydroxyl groups is 1. The van der Waals surface area contributed by atoms with Crippen molar-refractivity contribution in [2.45, 2.75) is 26.4 Å². The van der Waals surface area contributed by atoms with Gasteiger partial charge in [0.05, 0.1) is 23.0 Å². The largest absolute Gasteiger partial charge is 0.390 e. The van der Waals surface area contributed by atoms with Crippen LogP contribution in [-0.2, 0) is 6.42 Å². The summed E-state index contributed by atoms with van der Waals surface area (Å²) >= 11 is 5.56. The van der Waals surface area contributed by atoms with Crippen LogP contribution in [-0.4, -0.2) is 33.6 Å². The number of benzene rings is 1. The van der Waals surface area contributed by atoms with Crippen LogP contribution in [0.25, 0.3) is 11.0 Å². The quantitative estimate of drug-likeness (QED) is 0.714. The third-order valence-corrected chi connectivity index (χ3v) is 3.21. The van der Waals surface area contributed by atoms with Gasteiger partial charge in [-0.25, -0.2) is 4.98 Å². The van der Waals surface area contributed by atoms with Crippen molar-refractivity contribution in [2.24, 2.45) is 5.92 Å². The highest BCUT2D eigenvalue weighted by atomic mass is 35.5. The molecule has 0 radical (unpaired) electrons. The number of aromatic amines is 1. The van der Waals surface area contributed by atoms with Gasteiger partial charge in [-0.1, -0.05) is 13.8 Å². The van der Waals surface area contributed by atoms with E-state index in [2.05, 4.69) is 29.1 Å². The zero-order valence-electron chi connectivity index (χ0n) is 11.3. The van der Waals surface area contributed by atoms with E-state index in [4.69, 9.17) is 11.6 Å². The number of aliphatic hydroxyl groups excluding tert-OH is 1. The predicted molar refractivity (Wildman–Crippen MR) is 79.9 cm³/mol. The van der Waals surface area contributed by atoms with E-state index >= 15 is 0 Å². The van der Waals surface area contributed by atoms with E-state index in [9.17, 15) is 5.11 Å². The Bertz CT molecular complexity index is 538. The molecule has 104 valence electrons. The number of hydrogen-bond donors (Lipinski definition) is 3. The summed E-state index contributed by atoms with van der Waals surface area (Å²) in [5.41, 5.74) is 2.94. The smallest absolute Gasteiger partial charge is 0.107 e. The van der Waals surface area contributed by atoms with Crippen molar-refractivity contribution in [3.8, 4) is 0 Å². The summed E-state index contributed by atoms with van der Waals surface area (Å²) in [5.74, 6) is 1.83. The van der Waals surface area contributed by atoms with Crippen LogP contribution in [0.5, 0.6) is 0 Å². The van der Waals surface area contributed by atoms with Crippen molar-refractivity contribution in [1.29, 1.82) is 0 Å². The highest BCUT2D eigenvalue weighted by Crippen LogP contribution is 2.18. The summed E-state index contributed by atoms with van der Waals surface area (Å²) in [7, 11) is 0. The number of anilines is 1. The molecule has 3 N–H and O–H groups in total. The van der Waals surface area contributed by atoms with Gasteiger partial charge in [0.2, 0.25) is 0 Å². The minimum atomic E-state index is -0.532. The Morgan fingerprint density at radius 2 is 2.21 bits per heavy atom. The zero-order valence-corrected chi connectivity index (χ0v) is 12.0. The van der Waals surface area contributed by atoms with Crippen LogP contribution in [0.2, 0.25) is 0 Å². The molecule has 0 bridgehead atoms. The van der Waals surface area contributed by atoms with Gasteiger partial charge in [0.15, 0.2) is 0 Å². The first-order valence-corrected chi connectivity index (χ1v) is 7.08. The number of nitrogens with zero attached hydrogens (tertiary/aromatic N) is 1. The molecule has 1 atom stereocenters. The third kappa shape index (κ3) is 3.85. The molecule has 0 aliphatic rings. The van der Waals surface area contributed by atoms with Crippen molar-refractivity contribution in [3.05, 3.63) is 24.0 Å². The number of imidazole rings is 1. The lowest BCUT2D eigenvalue weighted by atomic mass is 10.1. The van der Waals surface area contributed by atoms with Gasteiger partial charge >= 0.3 is 0 Å². The molecular formula is C14H20ClN3O.